The number of thiazole rings is 1. The lowest BCUT2D eigenvalue weighted by atomic mass is 9.97. The number of alkyl halides is 3. The zero-order valence-corrected chi connectivity index (χ0v) is 24.0. The molecule has 5 rings (SSSR count). The molecule has 2 aliphatic heterocycles. The maximum Gasteiger partial charge on any atom is 0.416 e. The van der Waals surface area contributed by atoms with Crippen molar-refractivity contribution in [3.63, 3.8) is 0 Å². The number of likely N-dealkylation sites (tertiary alicyclic amines) is 1. The van der Waals surface area contributed by atoms with E-state index in [-0.39, 0.29) is 28.1 Å². The van der Waals surface area contributed by atoms with Crippen LogP contribution in [0.3, 0.4) is 0 Å². The Labute approximate surface area is 244 Å². The van der Waals surface area contributed by atoms with E-state index >= 15 is 0 Å². The Morgan fingerprint density at radius 2 is 1.88 bits per heavy atom. The van der Waals surface area contributed by atoms with Crippen molar-refractivity contribution in [2.45, 2.75) is 51.4 Å². The van der Waals surface area contributed by atoms with Gasteiger partial charge in [-0.2, -0.15) is 13.2 Å². The van der Waals surface area contributed by atoms with E-state index < -0.39 is 23.6 Å². The number of benzene rings is 1. The number of amides is 1. The van der Waals surface area contributed by atoms with E-state index in [2.05, 4.69) is 32.1 Å². The van der Waals surface area contributed by atoms with Crippen molar-refractivity contribution in [1.29, 1.82) is 0 Å². The number of methoxy groups -OCH3 is 1. The van der Waals surface area contributed by atoms with Crippen molar-refractivity contribution in [3.05, 3.63) is 46.7 Å². The average Bonchev–Trinajstić information content (AvgIpc) is 3.57. The number of carbonyl (C=O) groups excluding carboxylic acids is 1. The highest BCUT2D eigenvalue weighted by Gasteiger charge is 2.33. The smallest absolute Gasteiger partial charge is 0.416 e. The zero-order chi connectivity index (χ0) is 30.0. The molecule has 0 radical (unpaired) electrons. The van der Waals surface area contributed by atoms with Crippen LogP contribution in [0.5, 0.6) is 5.75 Å². The highest BCUT2D eigenvalue weighted by molar-refractivity contribution is 7.16. The van der Waals surface area contributed by atoms with Gasteiger partial charge in [-0.25, -0.2) is 15.0 Å². The Morgan fingerprint density at radius 3 is 2.48 bits per heavy atom. The summed E-state index contributed by atoms with van der Waals surface area (Å²) in [5, 5.41) is 12.2. The highest BCUT2D eigenvalue weighted by Crippen LogP contribution is 2.39. The minimum atomic E-state index is -4.57. The molecule has 2 saturated heterocycles. The fourth-order valence-corrected chi connectivity index (χ4v) is 6.29. The maximum atomic E-state index is 13.7. The minimum absolute atomic E-state index is 0.0476. The van der Waals surface area contributed by atoms with E-state index in [1.807, 2.05) is 4.90 Å². The molecule has 0 bridgehead atoms. The summed E-state index contributed by atoms with van der Waals surface area (Å²) in [7, 11) is 1.31. The van der Waals surface area contributed by atoms with Gasteiger partial charge in [0.2, 0.25) is 0 Å². The molecule has 2 aliphatic rings. The summed E-state index contributed by atoms with van der Waals surface area (Å²) in [5.74, 6) is -1.13. The van der Waals surface area contributed by atoms with Gasteiger partial charge < -0.3 is 14.7 Å². The minimum Gasteiger partial charge on any atom is -0.497 e. The molecule has 4 heterocycles. The van der Waals surface area contributed by atoms with Crippen molar-refractivity contribution in [1.82, 2.24) is 19.9 Å². The van der Waals surface area contributed by atoms with Crippen LogP contribution < -0.4 is 15.0 Å². The van der Waals surface area contributed by atoms with Crippen LogP contribution in [0, 0.1) is 5.92 Å². The van der Waals surface area contributed by atoms with Crippen LogP contribution in [-0.2, 0) is 17.5 Å². The average molecular weight is 605 g/mol. The first-order valence-electron chi connectivity index (χ1n) is 13.6. The van der Waals surface area contributed by atoms with Gasteiger partial charge in [0, 0.05) is 36.1 Å². The van der Waals surface area contributed by atoms with E-state index in [9.17, 15) is 27.9 Å². The van der Waals surface area contributed by atoms with E-state index in [1.165, 1.54) is 36.9 Å². The third kappa shape index (κ3) is 6.65. The lowest BCUT2D eigenvalue weighted by molar-refractivity contribution is -0.142. The van der Waals surface area contributed by atoms with Crippen molar-refractivity contribution in [3.8, 4) is 17.0 Å². The monoisotopic (exact) mass is 604 g/mol. The van der Waals surface area contributed by atoms with Gasteiger partial charge >= 0.3 is 12.1 Å². The summed E-state index contributed by atoms with van der Waals surface area (Å²) in [5.41, 5.74) is -0.203. The number of aliphatic carboxylic acids is 1. The van der Waals surface area contributed by atoms with Crippen molar-refractivity contribution < 1.29 is 32.6 Å². The van der Waals surface area contributed by atoms with Crippen LogP contribution in [0.15, 0.2) is 30.6 Å². The lowest BCUT2D eigenvalue weighted by Crippen LogP contribution is -2.36. The molecule has 2 aromatic heterocycles. The Morgan fingerprint density at radius 1 is 1.12 bits per heavy atom. The molecule has 0 aliphatic carbocycles. The molecular weight excluding hydrogens is 573 g/mol. The molecule has 10 nitrogen and oxygen atoms in total. The number of hydrogen-bond acceptors (Lipinski definition) is 9. The number of halogens is 3. The van der Waals surface area contributed by atoms with Crippen LogP contribution in [0.25, 0.3) is 11.3 Å². The number of nitrogens with zero attached hydrogens (tertiary/aromatic N) is 5. The summed E-state index contributed by atoms with van der Waals surface area (Å²) in [6.07, 6.45) is 1.30. The standard InChI is InChI=1S/C28H31F3N6O4S/c1-16-4-3-7-37(16)15-22-24(18-10-19(28(29,30)31)12-20(11-18)41-2)34-27(42-22)35-25(38)21-13-33-23(14-32-21)36-8-5-17(6-9-36)26(39)40/h10-14,16-17H,3-9,15H2,1-2H3,(H,39,40)(H,34,35,38)/t16-/m1/s1. The number of anilines is 2. The first-order chi connectivity index (χ1) is 20.0. The maximum absolute atomic E-state index is 13.7. The largest absolute Gasteiger partial charge is 0.497 e. The number of carboxylic acid groups (broad SMARTS) is 1. The first kappa shape index (κ1) is 29.7. The Bertz CT molecular complexity index is 1440. The van der Waals surface area contributed by atoms with Crippen LogP contribution in [0.1, 0.15) is 53.5 Å². The summed E-state index contributed by atoms with van der Waals surface area (Å²) in [6.45, 7) is 4.51. The predicted octanol–water partition coefficient (Wildman–Crippen LogP) is 5.17. The summed E-state index contributed by atoms with van der Waals surface area (Å²) in [6, 6.07) is 3.81. The second kappa shape index (κ2) is 12.2. The van der Waals surface area contributed by atoms with Crippen LogP contribution >= 0.6 is 11.3 Å². The molecule has 1 atom stereocenters. The molecule has 14 heteroatoms. The second-order valence-corrected chi connectivity index (χ2v) is 11.6. The van der Waals surface area contributed by atoms with Crippen LogP contribution in [-0.4, -0.2) is 69.6 Å². The number of piperidine rings is 1. The van der Waals surface area contributed by atoms with Gasteiger partial charge in [-0.05, 0) is 57.4 Å². The normalized spacial score (nSPS) is 18.3. The molecule has 1 amide bonds. The molecule has 0 spiro atoms. The van der Waals surface area contributed by atoms with Crippen LogP contribution in [0.4, 0.5) is 24.1 Å². The third-order valence-corrected chi connectivity index (χ3v) is 8.69. The van der Waals surface area contributed by atoms with E-state index in [0.717, 1.165) is 36.4 Å². The fourth-order valence-electron chi connectivity index (χ4n) is 5.29. The number of hydrogen-bond donors (Lipinski definition) is 2. The van der Waals surface area contributed by atoms with Crippen molar-refractivity contribution in [2.24, 2.45) is 5.92 Å². The Balaban J connectivity index is 1.38. The van der Waals surface area contributed by atoms with Crippen molar-refractivity contribution in [2.75, 3.05) is 37.0 Å². The van der Waals surface area contributed by atoms with Gasteiger partial charge in [-0.1, -0.05) is 11.3 Å². The van der Waals surface area contributed by atoms with Gasteiger partial charge in [-0.3, -0.25) is 19.8 Å². The zero-order valence-electron chi connectivity index (χ0n) is 23.1. The molecular formula is C28H31F3N6O4S. The Hall–Kier alpha value is -3.78. The summed E-state index contributed by atoms with van der Waals surface area (Å²) in [4.78, 5) is 42.3. The third-order valence-electron chi connectivity index (χ3n) is 7.74. The van der Waals surface area contributed by atoms with E-state index in [0.29, 0.717) is 50.0 Å². The molecule has 2 fully saturated rings. The molecule has 3 aromatic rings. The first-order valence-corrected chi connectivity index (χ1v) is 14.4. The molecule has 0 saturated carbocycles. The molecule has 2 N–H and O–H groups in total. The summed E-state index contributed by atoms with van der Waals surface area (Å²) < 4.78 is 46.1. The molecule has 224 valence electrons. The van der Waals surface area contributed by atoms with Gasteiger partial charge in [-0.15, -0.1) is 0 Å². The van der Waals surface area contributed by atoms with Gasteiger partial charge in [0.25, 0.3) is 5.91 Å². The second-order valence-electron chi connectivity index (χ2n) is 10.5. The van der Waals surface area contributed by atoms with Crippen LogP contribution in [0.2, 0.25) is 0 Å². The topological polar surface area (TPSA) is 121 Å². The Kier molecular flexibility index (Phi) is 8.64. The quantitative estimate of drug-likeness (QED) is 0.359. The SMILES string of the molecule is COc1cc(-c2nc(NC(=O)c3cnc(N4CCC(C(=O)O)CC4)cn3)sc2CN2CCC[C@H]2C)cc(C(F)(F)F)c1. The summed E-state index contributed by atoms with van der Waals surface area (Å²) >= 11 is 1.21. The highest BCUT2D eigenvalue weighted by atomic mass is 32.1. The lowest BCUT2D eigenvalue weighted by Gasteiger charge is -2.30. The van der Waals surface area contributed by atoms with E-state index in [1.54, 1.807) is 0 Å². The molecule has 42 heavy (non-hydrogen) atoms. The number of carbonyl (C=O) groups is 2. The van der Waals surface area contributed by atoms with Gasteiger partial charge in [0.05, 0.1) is 36.7 Å². The number of carboxylic acids is 1. The molecule has 1 aromatic carbocycles. The number of rotatable bonds is 8. The molecule has 0 unspecified atom stereocenters. The fraction of sp³-hybridized carbons (Fsp3) is 0.464. The number of nitrogens with one attached hydrogen (secondary N) is 1. The van der Waals surface area contributed by atoms with Gasteiger partial charge in [0.15, 0.2) is 5.13 Å². The number of aromatic nitrogens is 3. The number of ether oxygens (including phenoxy) is 1. The van der Waals surface area contributed by atoms with E-state index in [4.69, 9.17) is 4.74 Å². The van der Waals surface area contributed by atoms with Crippen molar-refractivity contribution >= 4 is 34.2 Å². The predicted molar refractivity (Wildman–Crippen MR) is 151 cm³/mol. The van der Waals surface area contributed by atoms with Gasteiger partial charge in [0.1, 0.15) is 17.3 Å².